The topological polar surface area (TPSA) is 72.6 Å². The van der Waals surface area contributed by atoms with E-state index in [2.05, 4.69) is 4.98 Å². The summed E-state index contributed by atoms with van der Waals surface area (Å²) in [5, 5.41) is 8.63. The smallest absolute Gasteiger partial charge is 0.399 e. The number of nitrogens with zero attached hydrogens (tertiary/aromatic N) is 1. The maximum absolute atomic E-state index is 12.7. The summed E-state index contributed by atoms with van der Waals surface area (Å²) in [4.78, 5) is 14.1. The minimum absolute atomic E-state index is 0.0278. The molecule has 1 aromatic heterocycles. The molecular formula is C10H5ClFNO4. The van der Waals surface area contributed by atoms with Crippen molar-refractivity contribution in [2.24, 2.45) is 0 Å². The molecule has 0 saturated heterocycles. The largest absolute Gasteiger partial charge is 0.476 e. The van der Waals surface area contributed by atoms with E-state index >= 15 is 0 Å². The number of ether oxygens (including phenoxy) is 1. The second-order valence-electron chi connectivity index (χ2n) is 2.98. The summed E-state index contributed by atoms with van der Waals surface area (Å²) in [5.74, 6) is -1.64. The fraction of sp³-hybridized carbons (Fsp3) is 0. The molecular weight excluding hydrogens is 253 g/mol. The molecule has 0 aliphatic rings. The molecule has 0 spiro atoms. The second-order valence-corrected chi connectivity index (χ2v) is 3.39. The molecule has 0 amide bonds. The van der Waals surface area contributed by atoms with Crippen LogP contribution in [0.2, 0.25) is 5.02 Å². The zero-order valence-corrected chi connectivity index (χ0v) is 8.94. The lowest BCUT2D eigenvalue weighted by Crippen LogP contribution is -1.95. The molecule has 0 saturated carbocycles. The van der Waals surface area contributed by atoms with Crippen molar-refractivity contribution in [1.29, 1.82) is 0 Å². The zero-order valence-electron chi connectivity index (χ0n) is 8.18. The average molecular weight is 258 g/mol. The summed E-state index contributed by atoms with van der Waals surface area (Å²) in [7, 11) is 0. The third-order valence-corrected chi connectivity index (χ3v) is 2.09. The number of aromatic nitrogens is 1. The predicted molar refractivity (Wildman–Crippen MR) is 54.9 cm³/mol. The monoisotopic (exact) mass is 257 g/mol. The number of oxazole rings is 1. The first-order valence-corrected chi connectivity index (χ1v) is 4.76. The Morgan fingerprint density at radius 2 is 2.29 bits per heavy atom. The lowest BCUT2D eigenvalue weighted by Gasteiger charge is -2.02. The number of benzene rings is 1. The van der Waals surface area contributed by atoms with Gasteiger partial charge in [0.15, 0.2) is 11.4 Å². The maximum atomic E-state index is 12.7. The van der Waals surface area contributed by atoms with E-state index in [0.29, 0.717) is 0 Å². The summed E-state index contributed by atoms with van der Waals surface area (Å²) >= 11 is 5.70. The van der Waals surface area contributed by atoms with Crippen LogP contribution in [0, 0.1) is 5.82 Å². The van der Waals surface area contributed by atoms with Crippen molar-refractivity contribution in [2.45, 2.75) is 0 Å². The lowest BCUT2D eigenvalue weighted by molar-refractivity contribution is 0.0690. The molecule has 1 aromatic carbocycles. The maximum Gasteiger partial charge on any atom is 0.399 e. The van der Waals surface area contributed by atoms with Gasteiger partial charge in [-0.2, -0.15) is 4.98 Å². The standard InChI is InChI=1S/C10H5ClFNO4/c11-6-3-5(12)1-2-8(6)17-10-13-7(4-16-10)9(14)15/h1-4H,(H,14,15). The molecule has 2 aromatic rings. The van der Waals surface area contributed by atoms with Crippen LogP contribution in [0.5, 0.6) is 11.8 Å². The Bertz CT molecular complexity index is 569. The van der Waals surface area contributed by atoms with Gasteiger partial charge in [-0.05, 0) is 18.2 Å². The first-order valence-electron chi connectivity index (χ1n) is 4.38. The van der Waals surface area contributed by atoms with Crippen molar-refractivity contribution >= 4 is 17.6 Å². The summed E-state index contributed by atoms with van der Waals surface area (Å²) in [6, 6.07) is 3.47. The number of aromatic carboxylic acids is 1. The van der Waals surface area contributed by atoms with Crippen molar-refractivity contribution < 1.29 is 23.4 Å². The van der Waals surface area contributed by atoms with E-state index in [4.69, 9.17) is 25.9 Å². The zero-order chi connectivity index (χ0) is 12.4. The second kappa shape index (κ2) is 4.42. The number of carboxylic acid groups (broad SMARTS) is 1. The van der Waals surface area contributed by atoms with Crippen LogP contribution in [0.4, 0.5) is 4.39 Å². The van der Waals surface area contributed by atoms with Gasteiger partial charge in [0.25, 0.3) is 0 Å². The number of hydrogen-bond donors (Lipinski definition) is 1. The highest BCUT2D eigenvalue weighted by Gasteiger charge is 2.13. The van der Waals surface area contributed by atoms with E-state index in [1.165, 1.54) is 6.07 Å². The van der Waals surface area contributed by atoms with Gasteiger partial charge < -0.3 is 14.3 Å². The third kappa shape index (κ3) is 2.54. The first kappa shape index (κ1) is 11.4. The highest BCUT2D eigenvalue weighted by Crippen LogP contribution is 2.29. The van der Waals surface area contributed by atoms with Crippen LogP contribution < -0.4 is 4.74 Å². The molecule has 1 N–H and O–H groups in total. The SMILES string of the molecule is O=C(O)c1coc(Oc2ccc(F)cc2Cl)n1. The van der Waals surface area contributed by atoms with Crippen LogP contribution >= 0.6 is 11.6 Å². The molecule has 7 heteroatoms. The third-order valence-electron chi connectivity index (χ3n) is 1.79. The molecule has 0 unspecified atom stereocenters. The highest BCUT2D eigenvalue weighted by atomic mass is 35.5. The Morgan fingerprint density at radius 1 is 1.53 bits per heavy atom. The van der Waals surface area contributed by atoms with Crippen molar-refractivity contribution in [2.75, 3.05) is 0 Å². The summed E-state index contributed by atoms with van der Waals surface area (Å²) in [6.45, 7) is 0. The van der Waals surface area contributed by atoms with Crippen molar-refractivity contribution in [3.05, 3.63) is 41.0 Å². The van der Waals surface area contributed by atoms with Gasteiger partial charge in [-0.25, -0.2) is 9.18 Å². The van der Waals surface area contributed by atoms with Gasteiger partial charge in [0, 0.05) is 0 Å². The Hall–Kier alpha value is -2.08. The fourth-order valence-electron chi connectivity index (χ4n) is 1.05. The molecule has 0 fully saturated rings. The van der Waals surface area contributed by atoms with Crippen LogP contribution in [0.1, 0.15) is 10.5 Å². The number of rotatable bonds is 3. The van der Waals surface area contributed by atoms with Crippen LogP contribution in [-0.4, -0.2) is 16.1 Å². The molecule has 88 valence electrons. The Balaban J connectivity index is 2.22. The van der Waals surface area contributed by atoms with E-state index in [1.807, 2.05) is 0 Å². The molecule has 0 atom stereocenters. The quantitative estimate of drug-likeness (QED) is 0.915. The minimum Gasteiger partial charge on any atom is -0.476 e. The van der Waals surface area contributed by atoms with Gasteiger partial charge in [0.2, 0.25) is 0 Å². The summed E-state index contributed by atoms with van der Waals surface area (Å²) < 4.78 is 22.5. The number of halogens is 2. The van der Waals surface area contributed by atoms with Gasteiger partial charge in [0.05, 0.1) is 5.02 Å². The van der Waals surface area contributed by atoms with Gasteiger partial charge in [0.1, 0.15) is 12.1 Å². The summed E-state index contributed by atoms with van der Waals surface area (Å²) in [6.07, 6.45) is 0.644. The Kier molecular flexibility index (Phi) is 2.97. The molecule has 1 heterocycles. The normalized spacial score (nSPS) is 10.2. The first-order chi connectivity index (χ1) is 8.06. The molecule has 0 aliphatic carbocycles. The van der Waals surface area contributed by atoms with Crippen molar-refractivity contribution in [1.82, 2.24) is 4.98 Å². The van der Waals surface area contributed by atoms with Crippen molar-refractivity contribution in [3.8, 4) is 11.8 Å². The molecule has 0 radical (unpaired) electrons. The predicted octanol–water partition coefficient (Wildman–Crippen LogP) is 2.96. The van der Waals surface area contributed by atoms with E-state index in [0.717, 1.165) is 18.4 Å². The van der Waals surface area contributed by atoms with Crippen LogP contribution in [0.15, 0.2) is 28.9 Å². The highest BCUT2D eigenvalue weighted by molar-refractivity contribution is 6.32. The molecule has 2 rings (SSSR count). The van der Waals surface area contributed by atoms with Gasteiger partial charge >= 0.3 is 12.0 Å². The van der Waals surface area contributed by atoms with Crippen LogP contribution in [0.3, 0.4) is 0 Å². The van der Waals surface area contributed by atoms with E-state index in [1.54, 1.807) is 0 Å². The van der Waals surface area contributed by atoms with Crippen LogP contribution in [0.25, 0.3) is 0 Å². The summed E-state index contributed by atoms with van der Waals surface area (Å²) in [5.41, 5.74) is -0.293. The van der Waals surface area contributed by atoms with E-state index in [-0.39, 0.29) is 22.5 Å². The Morgan fingerprint density at radius 3 is 2.88 bits per heavy atom. The van der Waals surface area contributed by atoms with Gasteiger partial charge in [-0.1, -0.05) is 11.6 Å². The van der Waals surface area contributed by atoms with E-state index in [9.17, 15) is 9.18 Å². The fourth-order valence-corrected chi connectivity index (χ4v) is 1.26. The van der Waals surface area contributed by atoms with Crippen molar-refractivity contribution in [3.63, 3.8) is 0 Å². The molecule has 0 aliphatic heterocycles. The molecule has 5 nitrogen and oxygen atoms in total. The average Bonchev–Trinajstić information content (AvgIpc) is 2.71. The number of hydrogen-bond acceptors (Lipinski definition) is 4. The van der Waals surface area contributed by atoms with Gasteiger partial charge in [-0.3, -0.25) is 0 Å². The van der Waals surface area contributed by atoms with Gasteiger partial charge in [-0.15, -0.1) is 0 Å². The number of carboxylic acids is 1. The molecule has 17 heavy (non-hydrogen) atoms. The number of carbonyl (C=O) groups is 1. The van der Waals surface area contributed by atoms with E-state index < -0.39 is 11.8 Å². The van der Waals surface area contributed by atoms with Crippen LogP contribution in [-0.2, 0) is 0 Å². The Labute approximate surface area is 99.4 Å². The minimum atomic E-state index is -1.24. The molecule has 0 bridgehead atoms. The lowest BCUT2D eigenvalue weighted by atomic mass is 10.3.